The van der Waals surface area contributed by atoms with Gasteiger partial charge in [0, 0.05) is 36.2 Å². The molecule has 1 aliphatic heterocycles. The Balaban J connectivity index is 2.26. The van der Waals surface area contributed by atoms with Crippen LogP contribution in [-0.2, 0) is 0 Å². The van der Waals surface area contributed by atoms with Crippen molar-refractivity contribution in [2.45, 2.75) is 38.1 Å². The lowest BCUT2D eigenvalue weighted by atomic mass is 9.95. The van der Waals surface area contributed by atoms with Crippen molar-refractivity contribution in [2.24, 2.45) is 5.73 Å². The van der Waals surface area contributed by atoms with Crippen molar-refractivity contribution in [1.29, 1.82) is 0 Å². The third-order valence-electron chi connectivity index (χ3n) is 3.67. The molecule has 1 aromatic carbocycles. The number of hydrogen-bond acceptors (Lipinski definition) is 3. The van der Waals surface area contributed by atoms with E-state index in [-0.39, 0.29) is 6.04 Å². The zero-order chi connectivity index (χ0) is 13.1. The second kappa shape index (κ2) is 6.09. The number of thioether (sulfide) groups is 1. The van der Waals surface area contributed by atoms with Gasteiger partial charge in [0.15, 0.2) is 0 Å². The van der Waals surface area contributed by atoms with E-state index in [1.807, 2.05) is 0 Å². The van der Waals surface area contributed by atoms with Crippen molar-refractivity contribution >= 4 is 11.8 Å². The molecule has 3 atom stereocenters. The number of aryl methyl sites for hydroxylation is 1. The second-order valence-corrected chi connectivity index (χ2v) is 6.88. The predicted molar refractivity (Wildman–Crippen MR) is 81.1 cm³/mol. The highest BCUT2D eigenvalue weighted by Crippen LogP contribution is 2.30. The van der Waals surface area contributed by atoms with Gasteiger partial charge in [0.25, 0.3) is 0 Å². The molecule has 2 N–H and O–H groups in total. The molecular formula is C15H24N2S. The molecule has 18 heavy (non-hydrogen) atoms. The van der Waals surface area contributed by atoms with Gasteiger partial charge in [-0.3, -0.25) is 4.90 Å². The fourth-order valence-corrected chi connectivity index (χ4v) is 3.87. The van der Waals surface area contributed by atoms with Crippen LogP contribution in [0.2, 0.25) is 0 Å². The summed E-state index contributed by atoms with van der Waals surface area (Å²) in [6.45, 7) is 8.92. The number of hydrogen-bond donors (Lipinski definition) is 1. The maximum Gasteiger partial charge on any atom is 0.0499 e. The van der Waals surface area contributed by atoms with Crippen molar-refractivity contribution in [3.63, 3.8) is 0 Å². The molecule has 1 saturated heterocycles. The Kier molecular flexibility index (Phi) is 4.71. The third kappa shape index (κ3) is 3.08. The van der Waals surface area contributed by atoms with Crippen LogP contribution in [0.5, 0.6) is 0 Å². The second-order valence-electron chi connectivity index (χ2n) is 5.34. The van der Waals surface area contributed by atoms with Crippen LogP contribution in [0.4, 0.5) is 0 Å². The van der Waals surface area contributed by atoms with Crippen LogP contribution in [0, 0.1) is 6.92 Å². The quantitative estimate of drug-likeness (QED) is 0.910. The molecule has 3 unspecified atom stereocenters. The van der Waals surface area contributed by atoms with Gasteiger partial charge < -0.3 is 5.73 Å². The zero-order valence-corrected chi connectivity index (χ0v) is 12.4. The fraction of sp³-hybridized carbons (Fsp3) is 0.600. The van der Waals surface area contributed by atoms with Crippen molar-refractivity contribution < 1.29 is 0 Å². The number of benzene rings is 1. The van der Waals surface area contributed by atoms with E-state index in [9.17, 15) is 0 Å². The monoisotopic (exact) mass is 264 g/mol. The standard InChI is InChI=1S/C15H24N2S/c1-11-6-4-5-7-14(11)15(13(3)16)17-8-9-18-12(2)10-17/h4-7,12-13,15H,8-10,16H2,1-3H3. The molecule has 1 aromatic rings. The molecule has 0 radical (unpaired) electrons. The first-order valence-electron chi connectivity index (χ1n) is 6.76. The van der Waals surface area contributed by atoms with E-state index >= 15 is 0 Å². The summed E-state index contributed by atoms with van der Waals surface area (Å²) >= 11 is 2.07. The number of rotatable bonds is 3. The Labute approximate surface area is 115 Å². The van der Waals surface area contributed by atoms with Crippen LogP contribution in [-0.4, -0.2) is 35.0 Å². The van der Waals surface area contributed by atoms with Gasteiger partial charge in [0.1, 0.15) is 0 Å². The van der Waals surface area contributed by atoms with Crippen LogP contribution >= 0.6 is 11.8 Å². The van der Waals surface area contributed by atoms with Crippen LogP contribution in [0.25, 0.3) is 0 Å². The maximum absolute atomic E-state index is 6.27. The number of nitrogens with zero attached hydrogens (tertiary/aromatic N) is 1. The lowest BCUT2D eigenvalue weighted by molar-refractivity contribution is 0.184. The summed E-state index contributed by atoms with van der Waals surface area (Å²) in [5, 5.41) is 0.712. The maximum atomic E-state index is 6.27. The molecule has 0 saturated carbocycles. The Morgan fingerprint density at radius 2 is 2.11 bits per heavy atom. The first-order valence-corrected chi connectivity index (χ1v) is 7.81. The minimum atomic E-state index is 0.168. The minimum absolute atomic E-state index is 0.168. The normalized spacial score (nSPS) is 24.8. The molecule has 1 aliphatic rings. The average Bonchev–Trinajstić information content (AvgIpc) is 2.32. The molecule has 2 nitrogen and oxygen atoms in total. The van der Waals surface area contributed by atoms with Crippen LogP contribution in [0.15, 0.2) is 24.3 Å². The van der Waals surface area contributed by atoms with Gasteiger partial charge in [0.05, 0.1) is 0 Å². The minimum Gasteiger partial charge on any atom is -0.326 e. The van der Waals surface area contributed by atoms with Gasteiger partial charge in [-0.2, -0.15) is 11.8 Å². The summed E-state index contributed by atoms with van der Waals surface area (Å²) in [6, 6.07) is 9.17. The molecule has 0 aliphatic carbocycles. The lowest BCUT2D eigenvalue weighted by Gasteiger charge is -2.39. The first kappa shape index (κ1) is 13.9. The van der Waals surface area contributed by atoms with Gasteiger partial charge >= 0.3 is 0 Å². The lowest BCUT2D eigenvalue weighted by Crippen LogP contribution is -2.45. The Hall–Kier alpha value is -0.510. The highest BCUT2D eigenvalue weighted by molar-refractivity contribution is 7.99. The summed E-state index contributed by atoms with van der Waals surface area (Å²) in [7, 11) is 0. The zero-order valence-electron chi connectivity index (χ0n) is 11.6. The van der Waals surface area contributed by atoms with E-state index in [2.05, 4.69) is 61.7 Å². The molecule has 1 fully saturated rings. The van der Waals surface area contributed by atoms with Crippen molar-refractivity contribution in [2.75, 3.05) is 18.8 Å². The van der Waals surface area contributed by atoms with Gasteiger partial charge in [-0.25, -0.2) is 0 Å². The molecule has 2 rings (SSSR count). The van der Waals surface area contributed by atoms with E-state index in [0.717, 1.165) is 13.1 Å². The van der Waals surface area contributed by atoms with Gasteiger partial charge in [0.2, 0.25) is 0 Å². The van der Waals surface area contributed by atoms with Crippen LogP contribution in [0.1, 0.15) is 31.0 Å². The summed E-state index contributed by atoms with van der Waals surface area (Å²) in [5.74, 6) is 1.22. The molecular weight excluding hydrogens is 240 g/mol. The summed E-state index contributed by atoms with van der Waals surface area (Å²) in [6.07, 6.45) is 0. The van der Waals surface area contributed by atoms with E-state index in [1.165, 1.54) is 16.9 Å². The van der Waals surface area contributed by atoms with E-state index in [1.54, 1.807) is 0 Å². The van der Waals surface area contributed by atoms with Crippen molar-refractivity contribution in [1.82, 2.24) is 4.90 Å². The highest BCUT2D eigenvalue weighted by Gasteiger charge is 2.28. The van der Waals surface area contributed by atoms with Crippen LogP contribution in [0.3, 0.4) is 0 Å². The van der Waals surface area contributed by atoms with Gasteiger partial charge in [-0.05, 0) is 25.0 Å². The molecule has 0 amide bonds. The fourth-order valence-electron chi connectivity index (χ4n) is 2.83. The largest absolute Gasteiger partial charge is 0.326 e. The van der Waals surface area contributed by atoms with E-state index in [0.29, 0.717) is 11.3 Å². The molecule has 0 bridgehead atoms. The SMILES string of the molecule is Cc1ccccc1C(C(C)N)N1CCSC(C)C1. The highest BCUT2D eigenvalue weighted by atomic mass is 32.2. The van der Waals surface area contributed by atoms with Crippen molar-refractivity contribution in [3.8, 4) is 0 Å². The molecule has 1 heterocycles. The van der Waals surface area contributed by atoms with Crippen LogP contribution < -0.4 is 5.73 Å². The Morgan fingerprint density at radius 1 is 1.39 bits per heavy atom. The average molecular weight is 264 g/mol. The third-order valence-corrected chi connectivity index (χ3v) is 4.81. The smallest absolute Gasteiger partial charge is 0.0499 e. The summed E-state index contributed by atoms with van der Waals surface area (Å²) in [4.78, 5) is 2.56. The summed E-state index contributed by atoms with van der Waals surface area (Å²) < 4.78 is 0. The molecule has 0 aromatic heterocycles. The summed E-state index contributed by atoms with van der Waals surface area (Å²) in [5.41, 5.74) is 9.01. The van der Waals surface area contributed by atoms with E-state index < -0.39 is 0 Å². The number of nitrogens with two attached hydrogens (primary N) is 1. The molecule has 0 spiro atoms. The Morgan fingerprint density at radius 3 is 2.72 bits per heavy atom. The van der Waals surface area contributed by atoms with E-state index in [4.69, 9.17) is 5.73 Å². The van der Waals surface area contributed by atoms with Gasteiger partial charge in [-0.15, -0.1) is 0 Å². The predicted octanol–water partition coefficient (Wildman–Crippen LogP) is 2.82. The topological polar surface area (TPSA) is 29.3 Å². The molecule has 100 valence electrons. The molecule has 3 heteroatoms. The first-order chi connectivity index (χ1) is 8.59. The van der Waals surface area contributed by atoms with Crippen molar-refractivity contribution in [3.05, 3.63) is 35.4 Å². The Bertz CT molecular complexity index is 392. The van der Waals surface area contributed by atoms with Gasteiger partial charge in [-0.1, -0.05) is 31.2 Å².